The van der Waals surface area contributed by atoms with Crippen LogP contribution in [0.5, 0.6) is 11.5 Å². The van der Waals surface area contributed by atoms with Crippen LogP contribution in [0.15, 0.2) is 47.8 Å². The second-order valence-electron chi connectivity index (χ2n) is 7.27. The van der Waals surface area contributed by atoms with Gasteiger partial charge in [0.2, 0.25) is 6.29 Å². The first-order valence-corrected chi connectivity index (χ1v) is 9.09. The molecular weight excluding hydrogens is 380 g/mol. The van der Waals surface area contributed by atoms with Gasteiger partial charge in [-0.2, -0.15) is 0 Å². The van der Waals surface area contributed by atoms with E-state index >= 15 is 0 Å². The summed E-state index contributed by atoms with van der Waals surface area (Å²) in [6, 6.07) is 4.76. The Morgan fingerprint density at radius 2 is 2.14 bits per heavy atom. The highest BCUT2D eigenvalue weighted by atomic mass is 16.7. The van der Waals surface area contributed by atoms with E-state index in [1.165, 1.54) is 26.5 Å². The van der Waals surface area contributed by atoms with E-state index in [9.17, 15) is 14.7 Å². The number of allylic oxidation sites excluding steroid dienone is 1. The number of rotatable bonds is 3. The van der Waals surface area contributed by atoms with Crippen molar-refractivity contribution in [1.29, 1.82) is 0 Å². The molecule has 0 amide bonds. The maximum Gasteiger partial charge on any atom is 0.337 e. The van der Waals surface area contributed by atoms with Crippen LogP contribution in [0.2, 0.25) is 0 Å². The minimum Gasteiger partial charge on any atom is -0.504 e. The molecule has 2 fully saturated rings. The number of ether oxygens (including phenoxy) is 5. The summed E-state index contributed by atoms with van der Waals surface area (Å²) in [5.74, 6) is -1.41. The molecule has 0 unspecified atom stereocenters. The van der Waals surface area contributed by atoms with Gasteiger partial charge in [-0.1, -0.05) is 12.1 Å². The highest BCUT2D eigenvalue weighted by Gasteiger charge is 2.70. The van der Waals surface area contributed by atoms with Gasteiger partial charge in [0.05, 0.1) is 37.5 Å². The molecule has 0 radical (unpaired) electrons. The van der Waals surface area contributed by atoms with Gasteiger partial charge in [0, 0.05) is 5.92 Å². The van der Waals surface area contributed by atoms with Crippen molar-refractivity contribution in [2.75, 3.05) is 14.2 Å². The summed E-state index contributed by atoms with van der Waals surface area (Å²) < 4.78 is 27.4. The number of phenolic OH excluding ortho intramolecular Hbond substituents is 1. The minimum atomic E-state index is -1.03. The van der Waals surface area contributed by atoms with Crippen LogP contribution in [-0.4, -0.2) is 49.3 Å². The zero-order chi connectivity index (χ0) is 20.3. The zero-order valence-corrected chi connectivity index (χ0v) is 15.7. The second-order valence-corrected chi connectivity index (χ2v) is 7.27. The topological polar surface area (TPSA) is 101 Å². The Labute approximate surface area is 165 Å². The fourth-order valence-electron chi connectivity index (χ4n) is 4.57. The van der Waals surface area contributed by atoms with Gasteiger partial charge in [-0.15, -0.1) is 0 Å². The van der Waals surface area contributed by atoms with Crippen LogP contribution in [0, 0.1) is 11.8 Å². The van der Waals surface area contributed by atoms with Crippen molar-refractivity contribution in [2.45, 2.75) is 18.0 Å². The first-order valence-electron chi connectivity index (χ1n) is 9.09. The average Bonchev–Trinajstić information content (AvgIpc) is 3.33. The number of aromatic hydroxyl groups is 1. The number of carbonyl (C=O) groups excluding carboxylic acids is 2. The van der Waals surface area contributed by atoms with Gasteiger partial charge in [-0.05, 0) is 29.8 Å². The molecular formula is C21H18O8. The van der Waals surface area contributed by atoms with Crippen molar-refractivity contribution in [3.05, 3.63) is 53.3 Å². The minimum absolute atomic E-state index is 0.000336. The lowest BCUT2D eigenvalue weighted by Gasteiger charge is -2.32. The van der Waals surface area contributed by atoms with E-state index < -0.39 is 29.9 Å². The van der Waals surface area contributed by atoms with E-state index in [0.717, 1.165) is 0 Å². The summed E-state index contributed by atoms with van der Waals surface area (Å²) in [7, 11) is 2.75. The molecule has 1 aromatic carbocycles. The van der Waals surface area contributed by atoms with E-state index in [2.05, 4.69) is 0 Å². The Balaban J connectivity index is 1.52. The molecule has 3 aliphatic heterocycles. The standard InChI is InChI=1S/C21H18O8/c1-25-15-8-10(3-4-14(15)22)7-12-17-21(29-19(12)24)6-5-11-13(18(23)26-2)9-27-20(28-17)16(11)21/h3-9,11,16-17,20,22H,1-2H3/b12-7+/t11-,16+,17+,20-,21+/m0/s1. The normalized spacial score (nSPS) is 34.9. The molecule has 150 valence electrons. The van der Waals surface area contributed by atoms with E-state index in [1.54, 1.807) is 24.3 Å². The number of esters is 2. The van der Waals surface area contributed by atoms with Crippen molar-refractivity contribution < 1.29 is 38.4 Å². The van der Waals surface area contributed by atoms with Gasteiger partial charge in [0.15, 0.2) is 17.1 Å². The fraction of sp³-hybridized carbons (Fsp3) is 0.333. The molecule has 0 bridgehead atoms. The Kier molecular flexibility index (Phi) is 3.76. The van der Waals surface area contributed by atoms with Gasteiger partial charge >= 0.3 is 11.9 Å². The molecule has 5 atom stereocenters. The molecule has 1 N–H and O–H groups in total. The summed E-state index contributed by atoms with van der Waals surface area (Å²) >= 11 is 0. The van der Waals surface area contributed by atoms with Crippen molar-refractivity contribution in [3.63, 3.8) is 0 Å². The summed E-state index contributed by atoms with van der Waals surface area (Å²) in [6.07, 6.45) is 5.30. The van der Waals surface area contributed by atoms with Gasteiger partial charge in [-0.3, -0.25) is 0 Å². The molecule has 4 aliphatic rings. The highest BCUT2D eigenvalue weighted by molar-refractivity contribution is 5.99. The number of methoxy groups -OCH3 is 2. The predicted molar refractivity (Wildman–Crippen MR) is 97.4 cm³/mol. The first kappa shape index (κ1) is 17.8. The van der Waals surface area contributed by atoms with E-state index in [1.807, 2.05) is 6.08 Å². The van der Waals surface area contributed by atoms with E-state index in [-0.39, 0.29) is 23.3 Å². The lowest BCUT2D eigenvalue weighted by atomic mass is 9.78. The Morgan fingerprint density at radius 3 is 2.90 bits per heavy atom. The Hall–Kier alpha value is -3.26. The van der Waals surface area contributed by atoms with Crippen LogP contribution < -0.4 is 4.74 Å². The van der Waals surface area contributed by atoms with Crippen molar-refractivity contribution in [1.82, 2.24) is 0 Å². The number of phenols is 1. The molecule has 3 heterocycles. The van der Waals surface area contributed by atoms with Crippen LogP contribution in [0.25, 0.3) is 6.08 Å². The summed E-state index contributed by atoms with van der Waals surface area (Å²) in [4.78, 5) is 24.8. The van der Waals surface area contributed by atoms with Gasteiger partial charge in [0.25, 0.3) is 0 Å². The van der Waals surface area contributed by atoms with Crippen molar-refractivity contribution in [2.24, 2.45) is 11.8 Å². The second kappa shape index (κ2) is 6.12. The monoisotopic (exact) mass is 398 g/mol. The molecule has 0 aromatic heterocycles. The smallest absolute Gasteiger partial charge is 0.337 e. The Bertz CT molecular complexity index is 1010. The van der Waals surface area contributed by atoms with Crippen LogP contribution in [0.4, 0.5) is 0 Å². The van der Waals surface area contributed by atoms with Crippen LogP contribution >= 0.6 is 0 Å². The zero-order valence-electron chi connectivity index (χ0n) is 15.7. The van der Waals surface area contributed by atoms with Crippen LogP contribution in [0.1, 0.15) is 5.56 Å². The SMILES string of the molecule is COC(=O)C1=CO[C@H]2O[C@@H]3/C(=C\c4ccc(O)c(OC)c4)C(=O)O[C@@]34C=C[C@@H]1[C@H]24. The number of carbonyl (C=O) groups is 2. The molecule has 29 heavy (non-hydrogen) atoms. The van der Waals surface area contributed by atoms with Gasteiger partial charge in [-0.25, -0.2) is 9.59 Å². The Morgan fingerprint density at radius 1 is 1.31 bits per heavy atom. The molecule has 1 aliphatic carbocycles. The lowest BCUT2D eigenvalue weighted by molar-refractivity contribution is -0.152. The molecule has 0 saturated carbocycles. The molecule has 8 heteroatoms. The molecule has 5 rings (SSSR count). The fourth-order valence-corrected chi connectivity index (χ4v) is 4.57. The molecule has 2 saturated heterocycles. The molecule has 8 nitrogen and oxygen atoms in total. The maximum atomic E-state index is 12.7. The summed E-state index contributed by atoms with van der Waals surface area (Å²) in [5, 5.41) is 9.78. The number of hydrogen-bond acceptors (Lipinski definition) is 8. The van der Waals surface area contributed by atoms with Crippen LogP contribution in [0.3, 0.4) is 0 Å². The lowest BCUT2D eigenvalue weighted by Crippen LogP contribution is -2.43. The molecule has 1 spiro atoms. The first-order chi connectivity index (χ1) is 14.0. The highest BCUT2D eigenvalue weighted by Crippen LogP contribution is 2.58. The maximum absolute atomic E-state index is 12.7. The van der Waals surface area contributed by atoms with Crippen molar-refractivity contribution >= 4 is 18.0 Å². The number of hydrogen-bond donors (Lipinski definition) is 1. The largest absolute Gasteiger partial charge is 0.504 e. The van der Waals surface area contributed by atoms with Crippen LogP contribution in [-0.2, 0) is 28.5 Å². The van der Waals surface area contributed by atoms with Crippen molar-refractivity contribution in [3.8, 4) is 11.5 Å². The average molecular weight is 398 g/mol. The third-order valence-corrected chi connectivity index (χ3v) is 5.87. The van der Waals surface area contributed by atoms with E-state index in [0.29, 0.717) is 16.7 Å². The summed E-state index contributed by atoms with van der Waals surface area (Å²) in [5.41, 5.74) is 0.311. The third kappa shape index (κ3) is 2.35. The summed E-state index contributed by atoms with van der Waals surface area (Å²) in [6.45, 7) is 0. The van der Waals surface area contributed by atoms with Gasteiger partial charge in [0.1, 0.15) is 6.10 Å². The quantitative estimate of drug-likeness (QED) is 0.467. The van der Waals surface area contributed by atoms with E-state index in [4.69, 9.17) is 23.7 Å². The third-order valence-electron chi connectivity index (χ3n) is 5.87. The molecule has 1 aromatic rings. The van der Waals surface area contributed by atoms with Gasteiger partial charge < -0.3 is 28.8 Å². The number of benzene rings is 1. The predicted octanol–water partition coefficient (Wildman–Crippen LogP) is 1.69.